The van der Waals surface area contributed by atoms with E-state index in [2.05, 4.69) is 15.3 Å². The second kappa shape index (κ2) is 7.51. The molecule has 0 spiro atoms. The summed E-state index contributed by atoms with van der Waals surface area (Å²) in [7, 11) is 0. The number of allylic oxidation sites excluding steroid dienone is 1. The normalized spacial score (nSPS) is 15.1. The average Bonchev–Trinajstić information content (AvgIpc) is 3.25. The van der Waals surface area contributed by atoms with Gasteiger partial charge >= 0.3 is 5.97 Å². The molecule has 0 aliphatic carbocycles. The number of carbonyl (C=O) groups excluding carboxylic acids is 2. The maximum absolute atomic E-state index is 12.9. The van der Waals surface area contributed by atoms with Gasteiger partial charge in [0.05, 0.1) is 6.61 Å². The summed E-state index contributed by atoms with van der Waals surface area (Å²) in [5.41, 5.74) is 8.11. The first-order valence-corrected chi connectivity index (χ1v) is 8.97. The number of fused-ring (bicyclic) bond motifs is 1. The minimum absolute atomic E-state index is 0.00995. The largest absolute Gasteiger partial charge is 0.462 e. The molecule has 1 aliphatic rings. The van der Waals surface area contributed by atoms with Crippen LogP contribution in [0.5, 0.6) is 0 Å². The number of hydrogen-bond donors (Lipinski definition) is 3. The Hall–Kier alpha value is -4.07. The Morgan fingerprint density at radius 2 is 2.10 bits per heavy atom. The SMILES string of the molecule is CCOC(=O)C1=C(Nc2ccc(N)cc2)OC(=Cc2c[nH]c3ncccc23)C1=O. The predicted octanol–water partition coefficient (Wildman–Crippen LogP) is 2.97. The molecule has 0 fully saturated rings. The van der Waals surface area contributed by atoms with E-state index in [1.54, 1.807) is 55.7 Å². The molecule has 29 heavy (non-hydrogen) atoms. The molecule has 0 saturated heterocycles. The number of Topliss-reactive ketones (excluding diaryl/α,β-unsaturated/α-hetero) is 1. The highest BCUT2D eigenvalue weighted by atomic mass is 16.5. The monoisotopic (exact) mass is 390 g/mol. The number of H-pyrrole nitrogens is 1. The van der Waals surface area contributed by atoms with Crippen molar-refractivity contribution in [3.05, 3.63) is 71.6 Å². The third kappa shape index (κ3) is 3.55. The third-order valence-electron chi connectivity index (χ3n) is 4.31. The highest BCUT2D eigenvalue weighted by molar-refractivity contribution is 6.26. The molecule has 3 heterocycles. The number of pyridine rings is 1. The van der Waals surface area contributed by atoms with Gasteiger partial charge in [-0.2, -0.15) is 0 Å². The summed E-state index contributed by atoms with van der Waals surface area (Å²) >= 11 is 0. The fraction of sp³-hybridized carbons (Fsp3) is 0.0952. The van der Waals surface area contributed by atoms with Gasteiger partial charge in [0.25, 0.3) is 0 Å². The molecule has 0 amide bonds. The van der Waals surface area contributed by atoms with Crippen LogP contribution in [-0.4, -0.2) is 28.3 Å². The molecule has 0 radical (unpaired) electrons. The van der Waals surface area contributed by atoms with E-state index in [-0.39, 0.29) is 23.8 Å². The van der Waals surface area contributed by atoms with Gasteiger partial charge < -0.3 is 25.5 Å². The van der Waals surface area contributed by atoms with Crippen LogP contribution in [-0.2, 0) is 19.1 Å². The number of aromatic amines is 1. The van der Waals surface area contributed by atoms with Gasteiger partial charge in [-0.3, -0.25) is 4.79 Å². The van der Waals surface area contributed by atoms with Gasteiger partial charge in [-0.05, 0) is 49.4 Å². The maximum atomic E-state index is 12.9. The number of esters is 1. The molecule has 0 bridgehead atoms. The van der Waals surface area contributed by atoms with Gasteiger partial charge in [-0.15, -0.1) is 0 Å². The van der Waals surface area contributed by atoms with Crippen LogP contribution in [0.3, 0.4) is 0 Å². The van der Waals surface area contributed by atoms with E-state index in [0.29, 0.717) is 22.6 Å². The third-order valence-corrected chi connectivity index (χ3v) is 4.31. The predicted molar refractivity (Wildman–Crippen MR) is 108 cm³/mol. The Morgan fingerprint density at radius 1 is 1.31 bits per heavy atom. The molecule has 4 rings (SSSR count). The lowest BCUT2D eigenvalue weighted by Gasteiger charge is -2.09. The van der Waals surface area contributed by atoms with Crippen LogP contribution >= 0.6 is 0 Å². The van der Waals surface area contributed by atoms with Crippen molar-refractivity contribution >= 4 is 40.2 Å². The number of nitrogens with zero attached hydrogens (tertiary/aromatic N) is 1. The van der Waals surface area contributed by atoms with Crippen molar-refractivity contribution in [2.45, 2.75) is 6.92 Å². The van der Waals surface area contributed by atoms with Gasteiger partial charge in [0, 0.05) is 34.7 Å². The van der Waals surface area contributed by atoms with Crippen LogP contribution in [0, 0.1) is 0 Å². The lowest BCUT2D eigenvalue weighted by Crippen LogP contribution is -2.16. The van der Waals surface area contributed by atoms with Crippen molar-refractivity contribution in [3.63, 3.8) is 0 Å². The smallest absolute Gasteiger partial charge is 0.347 e. The fourth-order valence-corrected chi connectivity index (χ4v) is 2.94. The quantitative estimate of drug-likeness (QED) is 0.265. The van der Waals surface area contributed by atoms with Crippen LogP contribution < -0.4 is 11.1 Å². The molecule has 1 aromatic carbocycles. The molecule has 3 aromatic rings. The van der Waals surface area contributed by atoms with Crippen LogP contribution in [0.1, 0.15) is 12.5 Å². The van der Waals surface area contributed by atoms with Crippen LogP contribution in [0.15, 0.2) is 66.0 Å². The minimum Gasteiger partial charge on any atom is -0.462 e. The van der Waals surface area contributed by atoms with Gasteiger partial charge in [0.15, 0.2) is 11.3 Å². The summed E-state index contributed by atoms with van der Waals surface area (Å²) in [6, 6.07) is 10.5. The van der Waals surface area contributed by atoms with E-state index in [0.717, 1.165) is 5.39 Å². The number of ether oxygens (including phenoxy) is 2. The van der Waals surface area contributed by atoms with Gasteiger partial charge in [-0.1, -0.05) is 0 Å². The maximum Gasteiger partial charge on any atom is 0.347 e. The van der Waals surface area contributed by atoms with Crippen molar-refractivity contribution in [3.8, 4) is 0 Å². The van der Waals surface area contributed by atoms with E-state index >= 15 is 0 Å². The first-order valence-electron chi connectivity index (χ1n) is 8.97. The van der Waals surface area contributed by atoms with E-state index < -0.39 is 11.8 Å². The van der Waals surface area contributed by atoms with Crippen LogP contribution in [0.2, 0.25) is 0 Å². The minimum atomic E-state index is -0.751. The summed E-state index contributed by atoms with van der Waals surface area (Å²) < 4.78 is 10.8. The molecule has 1 aliphatic heterocycles. The van der Waals surface area contributed by atoms with E-state index in [1.165, 1.54) is 0 Å². The topological polar surface area (TPSA) is 119 Å². The summed E-state index contributed by atoms with van der Waals surface area (Å²) in [5.74, 6) is -1.28. The number of rotatable bonds is 5. The molecule has 0 saturated carbocycles. The fourth-order valence-electron chi connectivity index (χ4n) is 2.94. The standard InChI is InChI=1S/C21H18N4O4/c1-2-28-21(27)17-18(26)16(10-12-11-24-19-15(12)4-3-9-23-19)29-20(17)25-14-7-5-13(22)6-8-14/h3-11,25H,2,22H2,1H3,(H,23,24). The zero-order chi connectivity index (χ0) is 20.4. The summed E-state index contributed by atoms with van der Waals surface area (Å²) in [6.45, 7) is 1.80. The van der Waals surface area contributed by atoms with Gasteiger partial charge in [0.1, 0.15) is 5.65 Å². The lowest BCUT2D eigenvalue weighted by molar-refractivity contribution is -0.139. The Morgan fingerprint density at radius 3 is 2.86 bits per heavy atom. The zero-order valence-electron chi connectivity index (χ0n) is 15.6. The number of hydrogen-bond acceptors (Lipinski definition) is 7. The van der Waals surface area contributed by atoms with Crippen molar-refractivity contribution in [1.82, 2.24) is 9.97 Å². The number of nitrogens with one attached hydrogen (secondary N) is 2. The van der Waals surface area contributed by atoms with Gasteiger partial charge in [-0.25, -0.2) is 9.78 Å². The Labute approximate surface area is 166 Å². The molecule has 4 N–H and O–H groups in total. The molecule has 0 atom stereocenters. The molecular weight excluding hydrogens is 372 g/mol. The van der Waals surface area contributed by atoms with Crippen molar-refractivity contribution < 1.29 is 19.1 Å². The van der Waals surface area contributed by atoms with Crippen LogP contribution in [0.4, 0.5) is 11.4 Å². The lowest BCUT2D eigenvalue weighted by atomic mass is 10.1. The second-order valence-corrected chi connectivity index (χ2v) is 6.25. The molecule has 8 heteroatoms. The Bertz CT molecular complexity index is 1160. The first-order chi connectivity index (χ1) is 14.1. The summed E-state index contributed by atoms with van der Waals surface area (Å²) in [6.07, 6.45) is 4.96. The number of nitrogens with two attached hydrogens (primary N) is 1. The number of nitrogen functional groups attached to an aromatic ring is 1. The van der Waals surface area contributed by atoms with E-state index in [9.17, 15) is 9.59 Å². The molecule has 8 nitrogen and oxygen atoms in total. The summed E-state index contributed by atoms with van der Waals surface area (Å²) in [5, 5.41) is 3.78. The van der Waals surface area contributed by atoms with Gasteiger partial charge in [0.2, 0.25) is 11.7 Å². The highest BCUT2D eigenvalue weighted by Gasteiger charge is 2.37. The molecule has 0 unspecified atom stereocenters. The molecule has 146 valence electrons. The zero-order valence-corrected chi connectivity index (χ0v) is 15.6. The number of ketones is 1. The number of anilines is 2. The number of aromatic nitrogens is 2. The Balaban J connectivity index is 1.70. The second-order valence-electron chi connectivity index (χ2n) is 6.25. The molecular formula is C21H18N4O4. The van der Waals surface area contributed by atoms with Crippen LogP contribution in [0.25, 0.3) is 17.1 Å². The van der Waals surface area contributed by atoms with Crippen molar-refractivity contribution in [2.24, 2.45) is 0 Å². The van der Waals surface area contributed by atoms with E-state index in [4.69, 9.17) is 15.2 Å². The van der Waals surface area contributed by atoms with Crippen molar-refractivity contribution in [2.75, 3.05) is 17.7 Å². The van der Waals surface area contributed by atoms with Crippen molar-refractivity contribution in [1.29, 1.82) is 0 Å². The average molecular weight is 390 g/mol. The Kier molecular flexibility index (Phi) is 4.74. The first kappa shape index (κ1) is 18.3. The van der Waals surface area contributed by atoms with E-state index in [1.807, 2.05) is 6.07 Å². The number of carbonyl (C=O) groups is 2. The molecule has 2 aromatic heterocycles. The highest BCUT2D eigenvalue weighted by Crippen LogP contribution is 2.30. The summed E-state index contributed by atoms with van der Waals surface area (Å²) in [4.78, 5) is 32.5. The number of benzene rings is 1.